The quantitative estimate of drug-likeness (QED) is 0.767. The molecule has 0 aliphatic heterocycles. The average Bonchev–Trinajstić information content (AvgIpc) is 2.62. The second-order valence-corrected chi connectivity index (χ2v) is 6.39. The molecule has 0 saturated heterocycles. The van der Waals surface area contributed by atoms with E-state index in [1.54, 1.807) is 18.5 Å². The summed E-state index contributed by atoms with van der Waals surface area (Å²) in [6, 6.07) is 10.9. The topological polar surface area (TPSA) is 50.7 Å². The van der Waals surface area contributed by atoms with E-state index in [4.69, 9.17) is 0 Å². The summed E-state index contributed by atoms with van der Waals surface area (Å²) in [5.41, 5.74) is 4.00. The fourth-order valence-corrected chi connectivity index (χ4v) is 3.37. The molecule has 1 atom stereocenters. The summed E-state index contributed by atoms with van der Waals surface area (Å²) in [6.45, 7) is 1.95. The summed E-state index contributed by atoms with van der Waals surface area (Å²) in [4.78, 5) is 13.3. The zero-order chi connectivity index (χ0) is 17.2. The van der Waals surface area contributed by atoms with Crippen molar-refractivity contribution in [1.29, 1.82) is 0 Å². The van der Waals surface area contributed by atoms with Crippen LogP contribution in [0.5, 0.6) is 0 Å². The minimum Gasteiger partial charge on any atom is -0.363 e. The normalized spacial score (nSPS) is 16.3. The first-order chi connectivity index (χ1) is 12.2. The summed E-state index contributed by atoms with van der Waals surface area (Å²) in [6.07, 6.45) is 6.52. The van der Waals surface area contributed by atoms with Crippen molar-refractivity contribution in [3.63, 3.8) is 0 Å². The molecule has 4 rings (SSSR count). The smallest absolute Gasteiger partial charge is 0.163 e. The second kappa shape index (κ2) is 6.59. The van der Waals surface area contributed by atoms with Gasteiger partial charge in [-0.3, -0.25) is 4.98 Å². The minimum atomic E-state index is -0.192. The Hall–Kier alpha value is -2.82. The number of aromatic nitrogens is 3. The molecule has 0 radical (unpaired) electrons. The predicted molar refractivity (Wildman–Crippen MR) is 95.7 cm³/mol. The van der Waals surface area contributed by atoms with E-state index in [-0.39, 0.29) is 11.9 Å². The number of nitrogens with one attached hydrogen (secondary N) is 1. The molecule has 126 valence electrons. The third-order valence-electron chi connectivity index (χ3n) is 4.52. The Balaban J connectivity index is 1.66. The zero-order valence-electron chi connectivity index (χ0n) is 14.0. The maximum absolute atomic E-state index is 13.7. The third kappa shape index (κ3) is 3.36. The van der Waals surface area contributed by atoms with Gasteiger partial charge in [-0.15, -0.1) is 0 Å². The predicted octanol–water partition coefficient (Wildman–Crippen LogP) is 4.48. The molecule has 0 saturated carbocycles. The first-order valence-electron chi connectivity index (χ1n) is 8.50. The maximum Gasteiger partial charge on any atom is 0.163 e. The van der Waals surface area contributed by atoms with Crippen LogP contribution in [0.3, 0.4) is 0 Å². The lowest BCUT2D eigenvalue weighted by Gasteiger charge is -2.27. The standard InChI is InChI=1S/C20H19FN4/c1-13-10-19(25-20(23-13)15-5-3-9-22-12-15)24-18-6-2-4-14-7-8-16(21)11-17(14)18/h3,5,7-12,18H,2,4,6H2,1H3,(H,23,24,25). The van der Waals surface area contributed by atoms with Crippen LogP contribution in [-0.4, -0.2) is 15.0 Å². The number of nitrogens with zero attached hydrogens (tertiary/aromatic N) is 3. The summed E-state index contributed by atoms with van der Waals surface area (Å²) in [7, 11) is 0. The van der Waals surface area contributed by atoms with Crippen molar-refractivity contribution in [2.45, 2.75) is 32.2 Å². The number of fused-ring (bicyclic) bond motifs is 1. The van der Waals surface area contributed by atoms with Crippen LogP contribution in [0.4, 0.5) is 10.2 Å². The van der Waals surface area contributed by atoms with Gasteiger partial charge in [-0.25, -0.2) is 14.4 Å². The van der Waals surface area contributed by atoms with Gasteiger partial charge in [-0.05, 0) is 61.6 Å². The summed E-state index contributed by atoms with van der Waals surface area (Å²) in [5.74, 6) is 1.21. The average molecular weight is 334 g/mol. The molecule has 1 unspecified atom stereocenters. The molecule has 0 amide bonds. The molecular weight excluding hydrogens is 315 g/mol. The van der Waals surface area contributed by atoms with Gasteiger partial charge in [0.15, 0.2) is 5.82 Å². The number of anilines is 1. The van der Waals surface area contributed by atoms with Gasteiger partial charge in [-0.1, -0.05) is 6.07 Å². The lowest BCUT2D eigenvalue weighted by Crippen LogP contribution is -2.18. The van der Waals surface area contributed by atoms with Crippen molar-refractivity contribution in [3.05, 3.63) is 71.4 Å². The molecule has 1 aliphatic carbocycles. The number of benzene rings is 1. The van der Waals surface area contributed by atoms with E-state index in [9.17, 15) is 4.39 Å². The molecule has 0 bridgehead atoms. The largest absolute Gasteiger partial charge is 0.363 e. The lowest BCUT2D eigenvalue weighted by atomic mass is 9.87. The Kier molecular flexibility index (Phi) is 4.14. The van der Waals surface area contributed by atoms with Crippen molar-refractivity contribution in [2.75, 3.05) is 5.32 Å². The van der Waals surface area contributed by atoms with Crippen molar-refractivity contribution in [1.82, 2.24) is 15.0 Å². The highest BCUT2D eigenvalue weighted by Gasteiger charge is 2.21. The monoisotopic (exact) mass is 334 g/mol. The molecule has 4 nitrogen and oxygen atoms in total. The number of hydrogen-bond donors (Lipinski definition) is 1. The van der Waals surface area contributed by atoms with Crippen LogP contribution in [0.25, 0.3) is 11.4 Å². The van der Waals surface area contributed by atoms with E-state index in [2.05, 4.69) is 20.3 Å². The van der Waals surface area contributed by atoms with Crippen LogP contribution in [-0.2, 0) is 6.42 Å². The van der Waals surface area contributed by atoms with Gasteiger partial charge in [0.2, 0.25) is 0 Å². The Labute approximate surface area is 146 Å². The van der Waals surface area contributed by atoms with Gasteiger partial charge in [-0.2, -0.15) is 0 Å². The zero-order valence-corrected chi connectivity index (χ0v) is 14.0. The van der Waals surface area contributed by atoms with Crippen molar-refractivity contribution < 1.29 is 4.39 Å². The molecule has 1 N–H and O–H groups in total. The van der Waals surface area contributed by atoms with E-state index < -0.39 is 0 Å². The molecule has 0 spiro atoms. The molecule has 5 heteroatoms. The van der Waals surface area contributed by atoms with Crippen molar-refractivity contribution in [2.24, 2.45) is 0 Å². The first-order valence-corrected chi connectivity index (χ1v) is 8.50. The van der Waals surface area contributed by atoms with Gasteiger partial charge in [0.25, 0.3) is 0 Å². The van der Waals surface area contributed by atoms with Crippen molar-refractivity contribution in [3.8, 4) is 11.4 Å². The Morgan fingerprint density at radius 1 is 1.16 bits per heavy atom. The Morgan fingerprint density at radius 2 is 2.08 bits per heavy atom. The first kappa shape index (κ1) is 15.7. The number of pyridine rings is 1. The van der Waals surface area contributed by atoms with Crippen LogP contribution in [0.15, 0.2) is 48.8 Å². The SMILES string of the molecule is Cc1cc(NC2CCCc3ccc(F)cc32)nc(-c2cccnc2)n1. The summed E-state index contributed by atoms with van der Waals surface area (Å²) < 4.78 is 13.7. The number of aryl methyl sites for hydroxylation is 2. The third-order valence-corrected chi connectivity index (χ3v) is 4.52. The highest BCUT2D eigenvalue weighted by Crippen LogP contribution is 2.33. The van der Waals surface area contributed by atoms with Gasteiger partial charge >= 0.3 is 0 Å². The minimum absolute atomic E-state index is 0.0653. The van der Waals surface area contributed by atoms with Crippen molar-refractivity contribution >= 4 is 5.82 Å². The lowest BCUT2D eigenvalue weighted by molar-refractivity contribution is 0.578. The van der Waals surface area contributed by atoms with Crippen LogP contribution in [0.2, 0.25) is 0 Å². The van der Waals surface area contributed by atoms with Crippen LogP contribution >= 0.6 is 0 Å². The number of rotatable bonds is 3. The highest BCUT2D eigenvalue weighted by molar-refractivity contribution is 5.56. The molecular formula is C20H19FN4. The van der Waals surface area contributed by atoms with E-state index in [1.807, 2.05) is 31.2 Å². The Bertz CT molecular complexity index is 895. The summed E-state index contributed by atoms with van der Waals surface area (Å²) in [5, 5.41) is 3.48. The van der Waals surface area contributed by atoms with Gasteiger partial charge in [0, 0.05) is 29.7 Å². The molecule has 3 aromatic rings. The molecule has 2 heterocycles. The van der Waals surface area contributed by atoms with E-state index in [0.717, 1.165) is 41.9 Å². The van der Waals surface area contributed by atoms with Crippen LogP contribution in [0, 0.1) is 12.7 Å². The fraction of sp³-hybridized carbons (Fsp3) is 0.250. The highest BCUT2D eigenvalue weighted by atomic mass is 19.1. The van der Waals surface area contributed by atoms with Crippen LogP contribution in [0.1, 0.15) is 35.7 Å². The molecule has 0 fully saturated rings. The Morgan fingerprint density at radius 3 is 2.92 bits per heavy atom. The molecule has 2 aromatic heterocycles. The van der Waals surface area contributed by atoms with E-state index >= 15 is 0 Å². The maximum atomic E-state index is 13.7. The number of halogens is 1. The molecule has 1 aromatic carbocycles. The van der Waals surface area contributed by atoms with Gasteiger partial charge in [0.1, 0.15) is 11.6 Å². The molecule has 1 aliphatic rings. The fourth-order valence-electron chi connectivity index (χ4n) is 3.37. The van der Waals surface area contributed by atoms with Gasteiger partial charge in [0.05, 0.1) is 6.04 Å². The second-order valence-electron chi connectivity index (χ2n) is 6.39. The van der Waals surface area contributed by atoms with Crippen LogP contribution < -0.4 is 5.32 Å². The molecule has 25 heavy (non-hydrogen) atoms. The number of hydrogen-bond acceptors (Lipinski definition) is 4. The van der Waals surface area contributed by atoms with Gasteiger partial charge < -0.3 is 5.32 Å². The summed E-state index contributed by atoms with van der Waals surface area (Å²) >= 11 is 0. The van der Waals surface area contributed by atoms with E-state index in [1.165, 1.54) is 11.6 Å². The van der Waals surface area contributed by atoms with E-state index in [0.29, 0.717) is 5.82 Å².